The van der Waals surface area contributed by atoms with Gasteiger partial charge in [0.25, 0.3) is 0 Å². The molecule has 0 atom stereocenters. The third kappa shape index (κ3) is 5.86. The van der Waals surface area contributed by atoms with E-state index in [1.165, 1.54) is 13.2 Å². The molecule has 1 N–H and O–H groups in total. The maximum Gasteiger partial charge on any atom is 0.340 e. The first kappa shape index (κ1) is 20.0. The molecule has 2 aromatic rings. The molecule has 2 rings (SSSR count). The van der Waals surface area contributed by atoms with Crippen LogP contribution < -0.4 is 10.1 Å². The second-order valence-electron chi connectivity index (χ2n) is 5.04. The zero-order valence-electron chi connectivity index (χ0n) is 13.2. The second-order valence-corrected chi connectivity index (χ2v) is 6.75. The van der Waals surface area contributed by atoms with Crippen LogP contribution in [0.3, 0.4) is 0 Å². The smallest absolute Gasteiger partial charge is 0.340 e. The van der Waals surface area contributed by atoms with Crippen molar-refractivity contribution in [3.63, 3.8) is 0 Å². The van der Waals surface area contributed by atoms with E-state index in [0.29, 0.717) is 51.1 Å². The van der Waals surface area contributed by atoms with Gasteiger partial charge >= 0.3 is 5.97 Å². The lowest BCUT2D eigenvalue weighted by Gasteiger charge is -2.13. The lowest BCUT2D eigenvalue weighted by molar-refractivity contribution is 0.0602. The van der Waals surface area contributed by atoms with Gasteiger partial charge in [-0.05, 0) is 36.8 Å². The zero-order valence-corrected chi connectivity index (χ0v) is 16.3. The van der Waals surface area contributed by atoms with Crippen LogP contribution in [0.15, 0.2) is 30.3 Å². The van der Waals surface area contributed by atoms with Crippen molar-refractivity contribution in [2.24, 2.45) is 0 Å². The summed E-state index contributed by atoms with van der Waals surface area (Å²) in [4.78, 5) is 11.8. The number of anilines is 1. The first-order valence-electron chi connectivity index (χ1n) is 7.31. The van der Waals surface area contributed by atoms with Crippen LogP contribution in [0.5, 0.6) is 5.75 Å². The predicted octanol–water partition coefficient (Wildman–Crippen LogP) is 5.97. The maximum absolute atomic E-state index is 11.8. The first-order chi connectivity index (χ1) is 11.9. The summed E-state index contributed by atoms with van der Waals surface area (Å²) in [5, 5.41) is 4.83. The third-order valence-corrected chi connectivity index (χ3v) is 4.14. The van der Waals surface area contributed by atoms with Crippen LogP contribution in [0, 0.1) is 0 Å². The SMILES string of the molecule is COC(=O)c1cc(Cl)cc(Cl)c1NCCCOc1cc(Cl)cc(Cl)c1. The van der Waals surface area contributed by atoms with Crippen molar-refractivity contribution in [2.45, 2.75) is 6.42 Å². The van der Waals surface area contributed by atoms with Crippen molar-refractivity contribution >= 4 is 58.1 Å². The molecular weight excluding hydrogens is 408 g/mol. The Morgan fingerprint density at radius 1 is 1.00 bits per heavy atom. The van der Waals surface area contributed by atoms with E-state index < -0.39 is 5.97 Å². The van der Waals surface area contributed by atoms with Gasteiger partial charge in [-0.3, -0.25) is 0 Å². The Labute approximate surface area is 165 Å². The van der Waals surface area contributed by atoms with Crippen LogP contribution in [0.2, 0.25) is 20.1 Å². The van der Waals surface area contributed by atoms with Crippen LogP contribution in [0.4, 0.5) is 5.69 Å². The monoisotopic (exact) mass is 421 g/mol. The number of hydrogen-bond acceptors (Lipinski definition) is 4. The molecule has 0 saturated heterocycles. The Hall–Kier alpha value is -1.33. The van der Waals surface area contributed by atoms with Gasteiger partial charge < -0.3 is 14.8 Å². The summed E-state index contributed by atoms with van der Waals surface area (Å²) in [6.07, 6.45) is 0.656. The average molecular weight is 423 g/mol. The van der Waals surface area contributed by atoms with E-state index >= 15 is 0 Å². The maximum atomic E-state index is 11.8. The fourth-order valence-electron chi connectivity index (χ4n) is 2.11. The predicted molar refractivity (Wildman–Crippen MR) is 103 cm³/mol. The molecule has 0 aromatic heterocycles. The molecule has 0 spiro atoms. The van der Waals surface area contributed by atoms with Crippen molar-refractivity contribution in [1.29, 1.82) is 0 Å². The summed E-state index contributed by atoms with van der Waals surface area (Å²) in [5.74, 6) is 0.0778. The van der Waals surface area contributed by atoms with Crippen LogP contribution in [0.25, 0.3) is 0 Å². The number of carbonyl (C=O) groups is 1. The number of hydrogen-bond donors (Lipinski definition) is 1. The minimum absolute atomic E-state index is 0.280. The molecule has 0 amide bonds. The summed E-state index contributed by atoms with van der Waals surface area (Å²) in [7, 11) is 1.30. The number of carbonyl (C=O) groups excluding carboxylic acids is 1. The molecule has 8 heteroatoms. The molecule has 0 aliphatic heterocycles. The largest absolute Gasteiger partial charge is 0.493 e. The van der Waals surface area contributed by atoms with E-state index in [9.17, 15) is 4.79 Å². The summed E-state index contributed by atoms with van der Waals surface area (Å²) < 4.78 is 10.3. The van der Waals surface area contributed by atoms with Gasteiger partial charge in [-0.15, -0.1) is 0 Å². The number of rotatable bonds is 7. The van der Waals surface area contributed by atoms with E-state index in [1.54, 1.807) is 24.3 Å². The van der Waals surface area contributed by atoms with Crippen molar-refractivity contribution < 1.29 is 14.3 Å². The van der Waals surface area contributed by atoms with Crippen molar-refractivity contribution in [3.8, 4) is 5.75 Å². The molecule has 0 heterocycles. The highest BCUT2D eigenvalue weighted by atomic mass is 35.5. The fourth-order valence-corrected chi connectivity index (χ4v) is 3.18. The fraction of sp³-hybridized carbons (Fsp3) is 0.235. The van der Waals surface area contributed by atoms with Crippen molar-refractivity contribution in [3.05, 3.63) is 56.0 Å². The molecule has 0 radical (unpaired) electrons. The number of ether oxygens (including phenoxy) is 2. The summed E-state index contributed by atoms with van der Waals surface area (Å²) in [6.45, 7) is 0.960. The third-order valence-electron chi connectivity index (χ3n) is 3.19. The highest BCUT2D eigenvalue weighted by Crippen LogP contribution is 2.31. The summed E-state index contributed by atoms with van der Waals surface area (Å²) in [5.41, 5.74) is 0.756. The quantitative estimate of drug-likeness (QED) is 0.441. The number of nitrogens with one attached hydrogen (secondary N) is 1. The topological polar surface area (TPSA) is 47.6 Å². The number of halogens is 4. The number of methoxy groups -OCH3 is 1. The average Bonchev–Trinajstić information content (AvgIpc) is 2.54. The van der Waals surface area contributed by atoms with Gasteiger partial charge in [0, 0.05) is 21.6 Å². The second kappa shape index (κ2) is 9.39. The van der Waals surface area contributed by atoms with Crippen molar-refractivity contribution in [2.75, 3.05) is 25.6 Å². The molecule has 4 nitrogen and oxygen atoms in total. The van der Waals surface area contributed by atoms with E-state index in [1.807, 2.05) is 0 Å². The van der Waals surface area contributed by atoms with Gasteiger partial charge in [-0.2, -0.15) is 0 Å². The Bertz CT molecular complexity index is 748. The van der Waals surface area contributed by atoms with Gasteiger partial charge in [0.1, 0.15) is 5.75 Å². The lowest BCUT2D eigenvalue weighted by atomic mass is 10.1. The minimum Gasteiger partial charge on any atom is -0.493 e. The molecule has 2 aromatic carbocycles. The zero-order chi connectivity index (χ0) is 18.4. The normalized spacial score (nSPS) is 10.4. The van der Waals surface area contributed by atoms with E-state index in [2.05, 4.69) is 5.32 Å². The minimum atomic E-state index is -0.517. The van der Waals surface area contributed by atoms with Crippen LogP contribution in [-0.2, 0) is 4.74 Å². The lowest BCUT2D eigenvalue weighted by Crippen LogP contribution is -2.12. The molecule has 0 aliphatic carbocycles. The molecule has 0 unspecified atom stereocenters. The van der Waals surface area contributed by atoms with E-state index in [-0.39, 0.29) is 5.56 Å². The number of benzene rings is 2. The van der Waals surface area contributed by atoms with Crippen molar-refractivity contribution in [1.82, 2.24) is 0 Å². The summed E-state index contributed by atoms with van der Waals surface area (Å²) >= 11 is 23.9. The molecule has 0 bridgehead atoms. The van der Waals surface area contributed by atoms with Gasteiger partial charge in [-0.1, -0.05) is 46.4 Å². The highest BCUT2D eigenvalue weighted by Gasteiger charge is 2.16. The molecule has 0 aliphatic rings. The number of esters is 1. The highest BCUT2D eigenvalue weighted by molar-refractivity contribution is 6.37. The molecule has 0 saturated carbocycles. The first-order valence-corrected chi connectivity index (χ1v) is 8.82. The summed E-state index contributed by atoms with van der Waals surface area (Å²) in [6, 6.07) is 8.07. The van der Waals surface area contributed by atoms with Crippen LogP contribution in [-0.4, -0.2) is 26.2 Å². The Kier molecular flexibility index (Phi) is 7.51. The molecular formula is C17H15Cl4NO3. The Morgan fingerprint density at radius 2 is 1.64 bits per heavy atom. The van der Waals surface area contributed by atoms with E-state index in [0.717, 1.165) is 0 Å². The molecule has 134 valence electrons. The van der Waals surface area contributed by atoms with Gasteiger partial charge in [0.05, 0.1) is 30.0 Å². The van der Waals surface area contributed by atoms with E-state index in [4.69, 9.17) is 55.9 Å². The molecule has 25 heavy (non-hydrogen) atoms. The van der Waals surface area contributed by atoms with Gasteiger partial charge in [0.2, 0.25) is 0 Å². The van der Waals surface area contributed by atoms with Crippen LogP contribution in [0.1, 0.15) is 16.8 Å². The standard InChI is InChI=1S/C17H15Cl4NO3/c1-24-17(23)14-8-12(20)9-15(21)16(14)22-3-2-4-25-13-6-10(18)5-11(19)7-13/h5-9,22H,2-4H2,1H3. The Morgan fingerprint density at radius 3 is 2.28 bits per heavy atom. The molecule has 0 fully saturated rings. The Balaban J connectivity index is 1.92. The van der Waals surface area contributed by atoms with Crippen LogP contribution >= 0.6 is 46.4 Å². The van der Waals surface area contributed by atoms with Gasteiger partial charge in [0.15, 0.2) is 0 Å². The van der Waals surface area contributed by atoms with Gasteiger partial charge in [-0.25, -0.2) is 4.79 Å².